The molecule has 0 radical (unpaired) electrons. The number of alkyl halides is 3. The van der Waals surface area contributed by atoms with E-state index in [1.807, 2.05) is 0 Å². The van der Waals surface area contributed by atoms with Gasteiger partial charge in [0.25, 0.3) is 0 Å². The summed E-state index contributed by atoms with van der Waals surface area (Å²) in [4.78, 5) is 2.47. The Balaban J connectivity index is 1.61. The van der Waals surface area contributed by atoms with E-state index >= 15 is 0 Å². The monoisotopic (exact) mass is 312 g/mol. The van der Waals surface area contributed by atoms with Gasteiger partial charge >= 0.3 is 6.18 Å². The van der Waals surface area contributed by atoms with Crippen molar-refractivity contribution in [2.45, 2.75) is 44.4 Å². The second kappa shape index (κ2) is 6.59. The maximum Gasteiger partial charge on any atom is 0.416 e. The van der Waals surface area contributed by atoms with E-state index in [-0.39, 0.29) is 0 Å². The largest absolute Gasteiger partial charge is 0.416 e. The summed E-state index contributed by atoms with van der Waals surface area (Å²) in [5.74, 6) is 0.719. The van der Waals surface area contributed by atoms with E-state index in [2.05, 4.69) is 10.2 Å². The van der Waals surface area contributed by atoms with Crippen LogP contribution in [0.5, 0.6) is 0 Å². The number of benzene rings is 1. The highest BCUT2D eigenvalue weighted by Gasteiger charge is 2.32. The minimum atomic E-state index is -4.25. The third kappa shape index (κ3) is 4.23. The number of nitrogens with one attached hydrogen (secondary N) is 1. The van der Waals surface area contributed by atoms with Gasteiger partial charge in [-0.1, -0.05) is 12.1 Å². The molecule has 1 saturated carbocycles. The number of hydrogen-bond acceptors (Lipinski definition) is 2. The maximum atomic E-state index is 12.6. The van der Waals surface area contributed by atoms with Gasteiger partial charge in [-0.25, -0.2) is 0 Å². The van der Waals surface area contributed by atoms with Crippen molar-refractivity contribution in [2.24, 2.45) is 5.92 Å². The van der Waals surface area contributed by atoms with Crippen molar-refractivity contribution in [3.63, 3.8) is 0 Å². The van der Waals surface area contributed by atoms with E-state index in [0.717, 1.165) is 37.7 Å². The van der Waals surface area contributed by atoms with Crippen molar-refractivity contribution in [3.8, 4) is 0 Å². The third-order valence-electron chi connectivity index (χ3n) is 4.68. The van der Waals surface area contributed by atoms with Crippen molar-refractivity contribution in [3.05, 3.63) is 35.4 Å². The molecule has 2 fully saturated rings. The number of rotatable bonds is 5. The van der Waals surface area contributed by atoms with Gasteiger partial charge in [0.2, 0.25) is 0 Å². The molecule has 0 unspecified atom stereocenters. The van der Waals surface area contributed by atoms with E-state index in [0.29, 0.717) is 6.04 Å². The normalized spacial score (nSPS) is 20.5. The van der Waals surface area contributed by atoms with Crippen LogP contribution in [0.4, 0.5) is 13.2 Å². The molecule has 1 aliphatic carbocycles. The third-order valence-corrected chi connectivity index (χ3v) is 4.68. The van der Waals surface area contributed by atoms with Crippen LogP contribution in [-0.2, 0) is 12.7 Å². The van der Waals surface area contributed by atoms with Crippen molar-refractivity contribution in [1.29, 1.82) is 0 Å². The van der Waals surface area contributed by atoms with E-state index in [1.54, 1.807) is 12.1 Å². The summed E-state index contributed by atoms with van der Waals surface area (Å²) in [5, 5.41) is 3.38. The lowest BCUT2D eigenvalue weighted by Crippen LogP contribution is -2.37. The fraction of sp³-hybridized carbons (Fsp3) is 0.647. The summed E-state index contributed by atoms with van der Waals surface area (Å²) >= 11 is 0. The van der Waals surface area contributed by atoms with E-state index < -0.39 is 11.7 Å². The number of hydrogen-bond donors (Lipinski definition) is 1. The first-order chi connectivity index (χ1) is 10.5. The van der Waals surface area contributed by atoms with Crippen LogP contribution >= 0.6 is 0 Å². The molecule has 1 aromatic carbocycles. The SMILES string of the molecule is FC(F)(F)c1ccc(CN(CC2CCNCC2)C2CC2)cc1. The Hall–Kier alpha value is -1.07. The topological polar surface area (TPSA) is 15.3 Å². The average Bonchev–Trinajstić information content (AvgIpc) is 3.32. The van der Waals surface area contributed by atoms with Gasteiger partial charge < -0.3 is 5.32 Å². The maximum absolute atomic E-state index is 12.6. The molecule has 1 heterocycles. The fourth-order valence-electron chi connectivity index (χ4n) is 3.21. The lowest BCUT2D eigenvalue weighted by Gasteiger charge is -2.30. The lowest BCUT2D eigenvalue weighted by atomic mass is 9.97. The van der Waals surface area contributed by atoms with Crippen LogP contribution in [0.2, 0.25) is 0 Å². The minimum absolute atomic E-state index is 0.562. The van der Waals surface area contributed by atoms with Gasteiger partial charge in [-0.15, -0.1) is 0 Å². The Bertz CT molecular complexity index is 474. The van der Waals surface area contributed by atoms with E-state index in [4.69, 9.17) is 0 Å². The van der Waals surface area contributed by atoms with Crippen molar-refractivity contribution in [2.75, 3.05) is 19.6 Å². The van der Waals surface area contributed by atoms with Crippen molar-refractivity contribution >= 4 is 0 Å². The van der Waals surface area contributed by atoms with Gasteiger partial charge in [0.05, 0.1) is 5.56 Å². The van der Waals surface area contributed by atoms with Gasteiger partial charge in [-0.3, -0.25) is 4.90 Å². The van der Waals surface area contributed by atoms with Gasteiger partial charge in [0, 0.05) is 19.1 Å². The van der Waals surface area contributed by atoms with Crippen LogP contribution in [0.25, 0.3) is 0 Å². The van der Waals surface area contributed by atoms with E-state index in [1.165, 1.54) is 37.8 Å². The van der Waals surface area contributed by atoms with Crippen molar-refractivity contribution in [1.82, 2.24) is 10.2 Å². The van der Waals surface area contributed by atoms with Crippen molar-refractivity contribution < 1.29 is 13.2 Å². The van der Waals surface area contributed by atoms with Crippen LogP contribution in [0.3, 0.4) is 0 Å². The molecule has 5 heteroatoms. The fourth-order valence-corrected chi connectivity index (χ4v) is 3.21. The van der Waals surface area contributed by atoms with Gasteiger partial charge in [-0.2, -0.15) is 13.2 Å². The molecule has 0 spiro atoms. The molecule has 1 N–H and O–H groups in total. The first-order valence-electron chi connectivity index (χ1n) is 8.13. The Kier molecular flexibility index (Phi) is 4.73. The van der Waals surface area contributed by atoms with E-state index in [9.17, 15) is 13.2 Å². The Morgan fingerprint density at radius 2 is 1.64 bits per heavy atom. The molecular weight excluding hydrogens is 289 g/mol. The number of piperidine rings is 1. The second-order valence-corrected chi connectivity index (χ2v) is 6.55. The predicted molar refractivity (Wildman–Crippen MR) is 80.5 cm³/mol. The summed E-state index contributed by atoms with van der Waals surface area (Å²) in [7, 11) is 0. The molecule has 122 valence electrons. The highest BCUT2D eigenvalue weighted by Crippen LogP contribution is 2.32. The second-order valence-electron chi connectivity index (χ2n) is 6.55. The van der Waals surface area contributed by atoms with Gasteiger partial charge in [-0.05, 0) is 62.4 Å². The molecule has 1 saturated heterocycles. The molecule has 0 amide bonds. The zero-order chi connectivity index (χ0) is 15.6. The molecule has 3 rings (SSSR count). The summed E-state index contributed by atoms with van der Waals surface area (Å²) < 4.78 is 37.8. The molecule has 0 aromatic heterocycles. The number of halogens is 3. The predicted octanol–water partition coefficient (Wildman–Crippen LogP) is 3.67. The lowest BCUT2D eigenvalue weighted by molar-refractivity contribution is -0.137. The van der Waals surface area contributed by atoms with Crippen LogP contribution in [0, 0.1) is 5.92 Å². The minimum Gasteiger partial charge on any atom is -0.317 e. The Labute approximate surface area is 129 Å². The van der Waals surface area contributed by atoms with Gasteiger partial charge in [0.15, 0.2) is 0 Å². The quantitative estimate of drug-likeness (QED) is 0.892. The van der Waals surface area contributed by atoms with Crippen LogP contribution in [0.15, 0.2) is 24.3 Å². The molecule has 2 nitrogen and oxygen atoms in total. The average molecular weight is 312 g/mol. The van der Waals surface area contributed by atoms with Gasteiger partial charge in [0.1, 0.15) is 0 Å². The Morgan fingerprint density at radius 3 is 2.18 bits per heavy atom. The van der Waals surface area contributed by atoms with Crippen LogP contribution in [-0.4, -0.2) is 30.6 Å². The first-order valence-corrected chi connectivity index (χ1v) is 8.13. The van der Waals surface area contributed by atoms with Crippen LogP contribution < -0.4 is 5.32 Å². The number of nitrogens with zero attached hydrogens (tertiary/aromatic N) is 1. The highest BCUT2D eigenvalue weighted by atomic mass is 19.4. The molecule has 0 atom stereocenters. The Morgan fingerprint density at radius 1 is 1.00 bits per heavy atom. The molecule has 1 aliphatic heterocycles. The summed E-state index contributed by atoms with van der Waals surface area (Å²) in [6.45, 7) is 4.02. The molecule has 2 aliphatic rings. The smallest absolute Gasteiger partial charge is 0.317 e. The summed E-state index contributed by atoms with van der Waals surface area (Å²) in [6, 6.07) is 6.29. The summed E-state index contributed by atoms with van der Waals surface area (Å²) in [5.41, 5.74) is 0.418. The summed E-state index contributed by atoms with van der Waals surface area (Å²) in [6.07, 6.45) is 0.619. The zero-order valence-electron chi connectivity index (χ0n) is 12.7. The molecule has 1 aromatic rings. The first kappa shape index (κ1) is 15.8. The molecule has 22 heavy (non-hydrogen) atoms. The van der Waals surface area contributed by atoms with Crippen LogP contribution in [0.1, 0.15) is 36.8 Å². The zero-order valence-corrected chi connectivity index (χ0v) is 12.7. The molecule has 0 bridgehead atoms. The standard InChI is InChI=1S/C17H23F3N2/c18-17(19,20)15-3-1-13(2-4-15)11-22(16-5-6-16)12-14-7-9-21-10-8-14/h1-4,14,16,21H,5-12H2. The highest BCUT2D eigenvalue weighted by molar-refractivity contribution is 5.24. The molecular formula is C17H23F3N2.